The number of benzene rings is 1. The fraction of sp³-hybridized carbons (Fsp3) is 0.333. The summed E-state index contributed by atoms with van der Waals surface area (Å²) in [6, 6.07) is 9.25. The second-order valence-corrected chi connectivity index (χ2v) is 4.03. The summed E-state index contributed by atoms with van der Waals surface area (Å²) in [6.45, 7) is 2.50. The molecule has 0 atom stereocenters. The van der Waals surface area contributed by atoms with Crippen LogP contribution in [0.2, 0.25) is 0 Å². The minimum Gasteiger partial charge on any atom is -0.370 e. The molecule has 0 unspecified atom stereocenters. The second-order valence-electron chi connectivity index (χ2n) is 4.03. The number of carbonyl (C=O) groups excluding carboxylic acids is 1. The molecular formula is C12H16N4O. The zero-order valence-electron chi connectivity index (χ0n) is 9.60. The van der Waals surface area contributed by atoms with E-state index in [2.05, 4.69) is 0 Å². The molecule has 0 aliphatic carbocycles. The van der Waals surface area contributed by atoms with Crippen LogP contribution in [-0.4, -0.2) is 47.8 Å². The van der Waals surface area contributed by atoms with E-state index in [1.54, 1.807) is 9.80 Å². The van der Waals surface area contributed by atoms with E-state index < -0.39 is 0 Å². The molecule has 1 aromatic carbocycles. The van der Waals surface area contributed by atoms with Crippen molar-refractivity contribution in [3.8, 4) is 0 Å². The molecule has 0 radical (unpaired) electrons. The number of nitrogens with zero attached hydrogens (tertiary/aromatic N) is 2. The molecule has 1 aliphatic heterocycles. The van der Waals surface area contributed by atoms with Gasteiger partial charge in [-0.25, -0.2) is 0 Å². The van der Waals surface area contributed by atoms with Crippen molar-refractivity contribution in [2.24, 2.45) is 5.73 Å². The van der Waals surface area contributed by atoms with Crippen LogP contribution in [0.4, 0.5) is 0 Å². The Hall–Kier alpha value is -2.04. The van der Waals surface area contributed by atoms with E-state index >= 15 is 0 Å². The molecule has 17 heavy (non-hydrogen) atoms. The van der Waals surface area contributed by atoms with Crippen LogP contribution < -0.4 is 5.73 Å². The summed E-state index contributed by atoms with van der Waals surface area (Å²) < 4.78 is 0. The van der Waals surface area contributed by atoms with E-state index in [4.69, 9.17) is 11.1 Å². The summed E-state index contributed by atoms with van der Waals surface area (Å²) in [4.78, 5) is 15.7. The molecule has 1 saturated heterocycles. The smallest absolute Gasteiger partial charge is 0.253 e. The van der Waals surface area contributed by atoms with Crippen molar-refractivity contribution in [2.75, 3.05) is 26.2 Å². The predicted octanol–water partition coefficient (Wildman–Crippen LogP) is 0.338. The molecular weight excluding hydrogens is 216 g/mol. The lowest BCUT2D eigenvalue weighted by atomic mass is 10.2. The molecule has 0 aromatic heterocycles. The number of hydrogen-bond donors (Lipinski definition) is 2. The van der Waals surface area contributed by atoms with Gasteiger partial charge in [0.15, 0.2) is 5.96 Å². The number of nitrogens with one attached hydrogen (secondary N) is 1. The summed E-state index contributed by atoms with van der Waals surface area (Å²) in [6.07, 6.45) is 0. The van der Waals surface area contributed by atoms with Crippen LogP contribution in [0.15, 0.2) is 30.3 Å². The van der Waals surface area contributed by atoms with E-state index in [-0.39, 0.29) is 11.9 Å². The van der Waals surface area contributed by atoms with Crippen molar-refractivity contribution in [3.05, 3.63) is 35.9 Å². The number of amides is 1. The maximum Gasteiger partial charge on any atom is 0.253 e. The third-order valence-electron chi connectivity index (χ3n) is 2.93. The molecule has 1 aromatic rings. The van der Waals surface area contributed by atoms with Gasteiger partial charge in [0.05, 0.1) is 0 Å². The van der Waals surface area contributed by atoms with E-state index in [9.17, 15) is 4.79 Å². The molecule has 0 bridgehead atoms. The highest BCUT2D eigenvalue weighted by atomic mass is 16.2. The first-order chi connectivity index (χ1) is 8.18. The Bertz CT molecular complexity index is 410. The molecule has 0 saturated carbocycles. The van der Waals surface area contributed by atoms with E-state index in [0.29, 0.717) is 31.7 Å². The highest BCUT2D eigenvalue weighted by molar-refractivity contribution is 5.94. The number of guanidine groups is 1. The van der Waals surface area contributed by atoms with Gasteiger partial charge in [-0.2, -0.15) is 0 Å². The quantitative estimate of drug-likeness (QED) is 0.541. The highest BCUT2D eigenvalue weighted by Gasteiger charge is 2.22. The topological polar surface area (TPSA) is 73.4 Å². The lowest BCUT2D eigenvalue weighted by Crippen LogP contribution is -2.52. The molecule has 3 N–H and O–H groups in total. The lowest BCUT2D eigenvalue weighted by molar-refractivity contribution is 0.0690. The van der Waals surface area contributed by atoms with E-state index in [1.807, 2.05) is 30.3 Å². The summed E-state index contributed by atoms with van der Waals surface area (Å²) in [5.74, 6) is 0.130. The maximum atomic E-state index is 12.1. The molecule has 1 aliphatic rings. The second kappa shape index (κ2) is 4.86. The lowest BCUT2D eigenvalue weighted by Gasteiger charge is -2.34. The van der Waals surface area contributed by atoms with Gasteiger partial charge >= 0.3 is 0 Å². The molecule has 1 fully saturated rings. The number of carbonyl (C=O) groups is 1. The zero-order chi connectivity index (χ0) is 12.3. The van der Waals surface area contributed by atoms with Gasteiger partial charge in [0.25, 0.3) is 5.91 Å². The average Bonchev–Trinajstić information content (AvgIpc) is 2.39. The standard InChI is InChI=1S/C12H16N4O/c13-12(14)16-8-6-15(7-9-16)11(17)10-4-2-1-3-5-10/h1-5H,6-9H2,(H3,13,14). The van der Waals surface area contributed by atoms with Gasteiger partial charge in [0.1, 0.15) is 0 Å². The summed E-state index contributed by atoms with van der Waals surface area (Å²) >= 11 is 0. The third-order valence-corrected chi connectivity index (χ3v) is 2.93. The van der Waals surface area contributed by atoms with Crippen LogP contribution in [-0.2, 0) is 0 Å². The number of hydrogen-bond acceptors (Lipinski definition) is 2. The summed E-state index contributed by atoms with van der Waals surface area (Å²) in [5, 5.41) is 7.33. The first-order valence-electron chi connectivity index (χ1n) is 5.62. The van der Waals surface area contributed by atoms with Gasteiger partial charge in [0.2, 0.25) is 0 Å². The molecule has 5 heteroatoms. The van der Waals surface area contributed by atoms with Gasteiger partial charge in [-0.05, 0) is 12.1 Å². The number of piperazine rings is 1. The molecule has 1 heterocycles. The van der Waals surface area contributed by atoms with Gasteiger partial charge in [-0.15, -0.1) is 0 Å². The Kier molecular flexibility index (Phi) is 3.27. The Morgan fingerprint density at radius 3 is 2.12 bits per heavy atom. The van der Waals surface area contributed by atoms with Crippen molar-refractivity contribution in [3.63, 3.8) is 0 Å². The van der Waals surface area contributed by atoms with Crippen molar-refractivity contribution < 1.29 is 4.79 Å². The Balaban J connectivity index is 1.98. The van der Waals surface area contributed by atoms with Crippen LogP contribution in [0.1, 0.15) is 10.4 Å². The largest absolute Gasteiger partial charge is 0.370 e. The van der Waals surface area contributed by atoms with Crippen molar-refractivity contribution in [2.45, 2.75) is 0 Å². The normalized spacial score (nSPS) is 15.8. The van der Waals surface area contributed by atoms with Gasteiger partial charge in [0, 0.05) is 31.7 Å². The third kappa shape index (κ3) is 2.55. The maximum absolute atomic E-state index is 12.1. The SMILES string of the molecule is N=C(N)N1CCN(C(=O)c2ccccc2)CC1. The monoisotopic (exact) mass is 232 g/mol. The molecule has 1 amide bonds. The minimum atomic E-state index is 0.0498. The molecule has 2 rings (SSSR count). The first kappa shape index (κ1) is 11.4. The van der Waals surface area contributed by atoms with Gasteiger partial charge in [-0.3, -0.25) is 10.2 Å². The van der Waals surface area contributed by atoms with Crippen LogP contribution in [0.3, 0.4) is 0 Å². The fourth-order valence-corrected chi connectivity index (χ4v) is 1.91. The van der Waals surface area contributed by atoms with Crippen molar-refractivity contribution in [1.82, 2.24) is 9.80 Å². The van der Waals surface area contributed by atoms with E-state index in [0.717, 1.165) is 0 Å². The van der Waals surface area contributed by atoms with Crippen molar-refractivity contribution in [1.29, 1.82) is 5.41 Å². The Morgan fingerprint density at radius 2 is 1.59 bits per heavy atom. The summed E-state index contributed by atoms with van der Waals surface area (Å²) in [5.41, 5.74) is 6.12. The first-order valence-corrected chi connectivity index (χ1v) is 5.62. The molecule has 5 nitrogen and oxygen atoms in total. The highest BCUT2D eigenvalue weighted by Crippen LogP contribution is 2.08. The van der Waals surface area contributed by atoms with Crippen LogP contribution in [0, 0.1) is 5.41 Å². The molecule has 0 spiro atoms. The number of nitrogens with two attached hydrogens (primary N) is 1. The fourth-order valence-electron chi connectivity index (χ4n) is 1.91. The van der Waals surface area contributed by atoms with Crippen molar-refractivity contribution >= 4 is 11.9 Å². The Morgan fingerprint density at radius 1 is 1.06 bits per heavy atom. The van der Waals surface area contributed by atoms with Gasteiger partial charge < -0.3 is 15.5 Å². The minimum absolute atomic E-state index is 0.0498. The number of rotatable bonds is 1. The van der Waals surface area contributed by atoms with Crippen LogP contribution >= 0.6 is 0 Å². The predicted molar refractivity (Wildman–Crippen MR) is 65.8 cm³/mol. The summed E-state index contributed by atoms with van der Waals surface area (Å²) in [7, 11) is 0. The average molecular weight is 232 g/mol. The zero-order valence-corrected chi connectivity index (χ0v) is 9.60. The van der Waals surface area contributed by atoms with Gasteiger partial charge in [-0.1, -0.05) is 18.2 Å². The Labute approximate surface area is 100 Å². The van der Waals surface area contributed by atoms with Crippen LogP contribution in [0.5, 0.6) is 0 Å². The van der Waals surface area contributed by atoms with E-state index in [1.165, 1.54) is 0 Å². The van der Waals surface area contributed by atoms with Crippen LogP contribution in [0.25, 0.3) is 0 Å². The molecule has 90 valence electrons.